The molecule has 2 heteroatoms. The van der Waals surface area contributed by atoms with E-state index < -0.39 is 5.82 Å². The molecule has 3 rings (SSSR count). The summed E-state index contributed by atoms with van der Waals surface area (Å²) in [5.74, 6) is -0.526. The van der Waals surface area contributed by atoms with Crippen LogP contribution in [0.25, 0.3) is 22.0 Å². The van der Waals surface area contributed by atoms with Crippen LogP contribution in [0.15, 0.2) is 60.8 Å². The van der Waals surface area contributed by atoms with Crippen molar-refractivity contribution in [1.82, 2.24) is 4.98 Å². The maximum atomic E-state index is 13.4. The highest BCUT2D eigenvalue weighted by molar-refractivity contribution is 5.94. The largest absolute Gasteiger partial charge is 0.256 e. The number of aromatic nitrogens is 1. The average Bonchev–Trinajstić information content (AvgIpc) is 2.41. The SMILES string of the molecule is [2H]c1c(F)cccc1-c1nccc2ccccc12. The summed E-state index contributed by atoms with van der Waals surface area (Å²) in [4.78, 5) is 4.29. The fourth-order valence-electron chi connectivity index (χ4n) is 1.91. The maximum Gasteiger partial charge on any atom is 0.123 e. The van der Waals surface area contributed by atoms with Gasteiger partial charge in [0.15, 0.2) is 0 Å². The van der Waals surface area contributed by atoms with Crippen molar-refractivity contribution in [2.45, 2.75) is 0 Å². The molecule has 82 valence electrons. The Kier molecular flexibility index (Phi) is 2.08. The van der Waals surface area contributed by atoms with Crippen LogP contribution in [0.1, 0.15) is 1.37 Å². The van der Waals surface area contributed by atoms with E-state index in [1.807, 2.05) is 30.3 Å². The molecule has 0 bridgehead atoms. The quantitative estimate of drug-likeness (QED) is 0.608. The van der Waals surface area contributed by atoms with Crippen LogP contribution >= 0.6 is 0 Å². The number of nitrogens with zero attached hydrogens (tertiary/aromatic N) is 1. The van der Waals surface area contributed by atoms with Crippen molar-refractivity contribution in [2.75, 3.05) is 0 Å². The van der Waals surface area contributed by atoms with Crippen molar-refractivity contribution in [3.8, 4) is 11.3 Å². The number of benzene rings is 2. The molecule has 0 amide bonds. The normalized spacial score (nSPS) is 11.5. The first-order valence-corrected chi connectivity index (χ1v) is 5.36. The first-order chi connectivity index (χ1) is 8.77. The summed E-state index contributed by atoms with van der Waals surface area (Å²) in [6, 6.07) is 14.2. The third-order valence-electron chi connectivity index (χ3n) is 2.69. The zero-order valence-electron chi connectivity index (χ0n) is 10.0. The van der Waals surface area contributed by atoms with E-state index in [2.05, 4.69) is 4.98 Å². The van der Waals surface area contributed by atoms with Gasteiger partial charge >= 0.3 is 0 Å². The van der Waals surface area contributed by atoms with Gasteiger partial charge in [0.2, 0.25) is 0 Å². The standard InChI is InChI=1S/C15H10FN/c16-13-6-3-5-12(10-13)15-14-7-2-1-4-11(14)8-9-17-15/h1-10H/i10D. The van der Waals surface area contributed by atoms with E-state index in [4.69, 9.17) is 1.37 Å². The van der Waals surface area contributed by atoms with Crippen LogP contribution in [0, 0.1) is 5.82 Å². The van der Waals surface area contributed by atoms with Crippen molar-refractivity contribution in [3.63, 3.8) is 0 Å². The van der Waals surface area contributed by atoms with Crippen molar-refractivity contribution < 1.29 is 5.76 Å². The number of pyridine rings is 1. The third-order valence-corrected chi connectivity index (χ3v) is 2.69. The molecule has 0 aliphatic carbocycles. The van der Waals surface area contributed by atoms with Crippen LogP contribution in [-0.2, 0) is 0 Å². The van der Waals surface area contributed by atoms with E-state index in [9.17, 15) is 4.39 Å². The van der Waals surface area contributed by atoms with Gasteiger partial charge in [0.25, 0.3) is 0 Å². The van der Waals surface area contributed by atoms with Crippen molar-refractivity contribution in [1.29, 1.82) is 0 Å². The molecule has 0 saturated heterocycles. The van der Waals surface area contributed by atoms with Crippen LogP contribution in [0.5, 0.6) is 0 Å². The monoisotopic (exact) mass is 224 g/mol. The number of hydrogen-bond donors (Lipinski definition) is 0. The second kappa shape index (κ2) is 3.98. The second-order valence-corrected chi connectivity index (χ2v) is 3.79. The Morgan fingerprint density at radius 3 is 2.82 bits per heavy atom. The molecule has 1 heterocycles. The Morgan fingerprint density at radius 1 is 1.00 bits per heavy atom. The lowest BCUT2D eigenvalue weighted by Crippen LogP contribution is -1.86. The molecule has 1 nitrogen and oxygen atoms in total. The van der Waals surface area contributed by atoms with Gasteiger partial charge in [-0.1, -0.05) is 36.4 Å². The molecule has 1 aromatic heterocycles. The van der Waals surface area contributed by atoms with Gasteiger partial charge in [0.1, 0.15) is 5.82 Å². The Morgan fingerprint density at radius 2 is 1.88 bits per heavy atom. The number of halogens is 1. The van der Waals surface area contributed by atoms with E-state index in [0.29, 0.717) is 11.3 Å². The van der Waals surface area contributed by atoms with Gasteiger partial charge in [0.05, 0.1) is 7.06 Å². The second-order valence-electron chi connectivity index (χ2n) is 3.79. The highest BCUT2D eigenvalue weighted by atomic mass is 19.1. The predicted molar refractivity (Wildman–Crippen MR) is 67.1 cm³/mol. The number of fused-ring (bicyclic) bond motifs is 1. The molecule has 0 spiro atoms. The lowest BCUT2D eigenvalue weighted by molar-refractivity contribution is 0.628. The molecule has 17 heavy (non-hydrogen) atoms. The van der Waals surface area contributed by atoms with Gasteiger partial charge in [-0.15, -0.1) is 0 Å². The molecule has 0 fully saturated rings. The van der Waals surface area contributed by atoms with Crippen molar-refractivity contribution >= 4 is 10.8 Å². The van der Waals surface area contributed by atoms with Crippen LogP contribution in [0.2, 0.25) is 0 Å². The first-order valence-electron chi connectivity index (χ1n) is 5.86. The molecular weight excluding hydrogens is 213 g/mol. The van der Waals surface area contributed by atoms with Crippen LogP contribution in [0.3, 0.4) is 0 Å². The third kappa shape index (κ3) is 1.78. The summed E-state index contributed by atoms with van der Waals surface area (Å²) < 4.78 is 21.2. The van der Waals surface area contributed by atoms with Gasteiger partial charge in [-0.2, -0.15) is 0 Å². The fourth-order valence-corrected chi connectivity index (χ4v) is 1.91. The minimum absolute atomic E-state index is 0.110. The lowest BCUT2D eigenvalue weighted by Gasteiger charge is -2.05. The zero-order valence-corrected chi connectivity index (χ0v) is 9.02. The molecule has 0 radical (unpaired) electrons. The van der Waals surface area contributed by atoms with E-state index in [-0.39, 0.29) is 6.04 Å². The summed E-state index contributed by atoms with van der Waals surface area (Å²) in [6.07, 6.45) is 1.68. The molecule has 0 saturated carbocycles. The highest BCUT2D eigenvalue weighted by Gasteiger charge is 2.05. The topological polar surface area (TPSA) is 12.9 Å². The Labute approximate surface area is 100.0 Å². The van der Waals surface area contributed by atoms with Gasteiger partial charge < -0.3 is 0 Å². The van der Waals surface area contributed by atoms with Crippen LogP contribution < -0.4 is 0 Å². The van der Waals surface area contributed by atoms with Crippen molar-refractivity contribution in [3.05, 3.63) is 66.6 Å². The van der Waals surface area contributed by atoms with Gasteiger partial charge in [-0.05, 0) is 23.6 Å². The lowest BCUT2D eigenvalue weighted by atomic mass is 10.0. The van der Waals surface area contributed by atoms with Crippen molar-refractivity contribution in [2.24, 2.45) is 0 Å². The van der Waals surface area contributed by atoms with Crippen LogP contribution in [-0.4, -0.2) is 4.98 Å². The summed E-state index contributed by atoms with van der Waals surface area (Å²) in [5.41, 5.74) is 1.17. The Bertz CT molecular complexity index is 719. The average molecular weight is 224 g/mol. The van der Waals surface area contributed by atoms with E-state index in [1.54, 1.807) is 18.3 Å². The molecule has 0 unspecified atom stereocenters. The minimum Gasteiger partial charge on any atom is -0.256 e. The predicted octanol–water partition coefficient (Wildman–Crippen LogP) is 4.04. The van der Waals surface area contributed by atoms with Gasteiger partial charge in [0, 0.05) is 17.1 Å². The highest BCUT2D eigenvalue weighted by Crippen LogP contribution is 2.26. The van der Waals surface area contributed by atoms with E-state index >= 15 is 0 Å². The summed E-state index contributed by atoms with van der Waals surface area (Å²) in [7, 11) is 0. The minimum atomic E-state index is -0.526. The Hall–Kier alpha value is -2.22. The van der Waals surface area contributed by atoms with Crippen LogP contribution in [0.4, 0.5) is 4.39 Å². The Balaban J connectivity index is 2.35. The van der Waals surface area contributed by atoms with Gasteiger partial charge in [-0.3, -0.25) is 4.98 Å². The molecular formula is C15H10FN. The van der Waals surface area contributed by atoms with E-state index in [0.717, 1.165) is 10.8 Å². The maximum absolute atomic E-state index is 13.4. The van der Waals surface area contributed by atoms with Gasteiger partial charge in [-0.25, -0.2) is 4.39 Å². The first kappa shape index (κ1) is 8.88. The molecule has 0 aliphatic heterocycles. The summed E-state index contributed by atoms with van der Waals surface area (Å²) in [6.45, 7) is 0. The molecule has 3 aromatic rings. The molecule has 0 aliphatic rings. The number of hydrogen-bond acceptors (Lipinski definition) is 1. The summed E-state index contributed by atoms with van der Waals surface area (Å²) in [5, 5.41) is 1.96. The summed E-state index contributed by atoms with van der Waals surface area (Å²) >= 11 is 0. The molecule has 2 aromatic carbocycles. The number of rotatable bonds is 1. The van der Waals surface area contributed by atoms with E-state index in [1.165, 1.54) is 6.07 Å². The molecule has 0 atom stereocenters. The zero-order chi connectivity index (χ0) is 12.5. The molecule has 0 N–H and O–H groups in total. The smallest absolute Gasteiger partial charge is 0.123 e. The fraction of sp³-hybridized carbons (Fsp3) is 0.